The number of carbonyl (C=O) groups is 1. The minimum absolute atomic E-state index is 0.190. The Hall–Kier alpha value is -0.350. The molecule has 0 radical (unpaired) electrons. The van der Waals surface area contributed by atoms with Crippen molar-refractivity contribution in [2.24, 2.45) is 0 Å². The highest BCUT2D eigenvalue weighted by Crippen LogP contribution is 2.27. The largest absolute Gasteiger partial charge is 0.336 e. The number of halogens is 2. The van der Waals surface area contributed by atoms with E-state index in [0.29, 0.717) is 6.04 Å². The summed E-state index contributed by atoms with van der Waals surface area (Å²) >= 11 is 6.90. The highest BCUT2D eigenvalue weighted by molar-refractivity contribution is 9.10. The summed E-state index contributed by atoms with van der Waals surface area (Å²) in [6.07, 6.45) is 4.58. The molecule has 0 N–H and O–H groups in total. The van der Waals surface area contributed by atoms with Crippen LogP contribution in [0.2, 0.25) is 0 Å². The Balaban J connectivity index is 2.17. The molecule has 1 saturated carbocycles. The quantitative estimate of drug-likeness (QED) is 0.678. The van der Waals surface area contributed by atoms with Crippen molar-refractivity contribution in [1.29, 1.82) is 0 Å². The van der Waals surface area contributed by atoms with E-state index in [1.54, 1.807) is 0 Å². The summed E-state index contributed by atoms with van der Waals surface area (Å²) in [6.45, 7) is 2.85. The number of nitrogens with zero attached hydrogens (tertiary/aromatic N) is 1. The van der Waals surface area contributed by atoms with Gasteiger partial charge in [0.15, 0.2) is 0 Å². The van der Waals surface area contributed by atoms with Crippen LogP contribution in [0, 0.1) is 6.92 Å². The predicted octanol–water partition coefficient (Wildman–Crippen LogP) is 4.54. The first-order valence-corrected chi connectivity index (χ1v) is 8.68. The summed E-state index contributed by atoms with van der Waals surface area (Å²) in [6, 6.07) is 6.34. The van der Waals surface area contributed by atoms with E-state index >= 15 is 0 Å². The predicted molar refractivity (Wildman–Crippen MR) is 86.0 cm³/mol. The third-order valence-corrected chi connectivity index (χ3v) is 4.78. The molecule has 104 valence electrons. The number of hydrogen-bond acceptors (Lipinski definition) is 1. The van der Waals surface area contributed by atoms with Crippen LogP contribution < -0.4 is 0 Å². The lowest BCUT2D eigenvalue weighted by Gasteiger charge is -2.38. The van der Waals surface area contributed by atoms with E-state index in [-0.39, 0.29) is 5.91 Å². The van der Waals surface area contributed by atoms with Gasteiger partial charge in [-0.3, -0.25) is 4.79 Å². The van der Waals surface area contributed by atoms with E-state index < -0.39 is 0 Å². The second-order valence-corrected chi connectivity index (χ2v) is 6.79. The second kappa shape index (κ2) is 6.89. The maximum absolute atomic E-state index is 12.7. The van der Waals surface area contributed by atoms with E-state index in [0.717, 1.165) is 46.7 Å². The molecule has 1 aromatic carbocycles. The third-order valence-electron chi connectivity index (χ3n) is 3.73. The van der Waals surface area contributed by atoms with Crippen LogP contribution in [0.3, 0.4) is 0 Å². The molecule has 1 aliphatic rings. The Labute approximate surface area is 131 Å². The molecule has 1 amide bonds. The monoisotopic (exact) mass is 387 g/mol. The highest BCUT2D eigenvalue weighted by Gasteiger charge is 2.29. The fourth-order valence-electron chi connectivity index (χ4n) is 2.40. The van der Waals surface area contributed by atoms with Crippen LogP contribution in [0.1, 0.15) is 41.6 Å². The van der Waals surface area contributed by atoms with Crippen molar-refractivity contribution in [1.82, 2.24) is 4.90 Å². The van der Waals surface area contributed by atoms with E-state index in [1.807, 2.05) is 25.1 Å². The Morgan fingerprint density at radius 2 is 2.16 bits per heavy atom. The van der Waals surface area contributed by atoms with Gasteiger partial charge in [0.2, 0.25) is 0 Å². The summed E-state index contributed by atoms with van der Waals surface area (Å²) in [4.78, 5) is 14.8. The van der Waals surface area contributed by atoms with Crippen molar-refractivity contribution < 1.29 is 4.79 Å². The molecule has 0 heterocycles. The molecule has 0 saturated heterocycles. The third kappa shape index (κ3) is 3.60. The molecule has 19 heavy (non-hydrogen) atoms. The van der Waals surface area contributed by atoms with Gasteiger partial charge in [-0.05, 0) is 56.4 Å². The van der Waals surface area contributed by atoms with Crippen LogP contribution in [0.5, 0.6) is 0 Å². The zero-order valence-electron chi connectivity index (χ0n) is 11.2. The second-order valence-electron chi connectivity index (χ2n) is 5.09. The van der Waals surface area contributed by atoms with Crippen LogP contribution >= 0.6 is 31.9 Å². The molecule has 0 unspecified atom stereocenters. The SMILES string of the molecule is Cc1cc(Br)ccc1C(=O)N(CCCBr)C1CCC1. The van der Waals surface area contributed by atoms with Crippen LogP contribution in [0.25, 0.3) is 0 Å². The first-order chi connectivity index (χ1) is 9.13. The van der Waals surface area contributed by atoms with Crippen molar-refractivity contribution in [3.63, 3.8) is 0 Å². The lowest BCUT2D eigenvalue weighted by atomic mass is 9.90. The van der Waals surface area contributed by atoms with E-state index in [9.17, 15) is 4.79 Å². The zero-order valence-corrected chi connectivity index (χ0v) is 14.3. The van der Waals surface area contributed by atoms with Gasteiger partial charge in [0.25, 0.3) is 5.91 Å². The van der Waals surface area contributed by atoms with Gasteiger partial charge in [-0.1, -0.05) is 31.9 Å². The van der Waals surface area contributed by atoms with Gasteiger partial charge in [-0.2, -0.15) is 0 Å². The number of alkyl halides is 1. The molecule has 0 aliphatic heterocycles. The normalized spacial score (nSPS) is 15.1. The molecule has 0 spiro atoms. The molecule has 1 fully saturated rings. The average Bonchev–Trinajstić information content (AvgIpc) is 2.31. The van der Waals surface area contributed by atoms with Gasteiger partial charge in [-0.25, -0.2) is 0 Å². The lowest BCUT2D eigenvalue weighted by molar-refractivity contribution is 0.0580. The summed E-state index contributed by atoms with van der Waals surface area (Å²) in [5, 5.41) is 0.947. The molecule has 2 nitrogen and oxygen atoms in total. The van der Waals surface area contributed by atoms with Crippen LogP contribution in [-0.4, -0.2) is 28.7 Å². The summed E-state index contributed by atoms with van der Waals surface area (Å²) in [5.41, 5.74) is 1.88. The van der Waals surface area contributed by atoms with Crippen LogP contribution in [0.4, 0.5) is 0 Å². The van der Waals surface area contributed by atoms with Crippen molar-refractivity contribution in [3.05, 3.63) is 33.8 Å². The van der Waals surface area contributed by atoms with E-state index in [2.05, 4.69) is 36.8 Å². The molecular weight excluding hydrogens is 370 g/mol. The number of rotatable bonds is 5. The van der Waals surface area contributed by atoms with E-state index in [1.165, 1.54) is 6.42 Å². The van der Waals surface area contributed by atoms with Crippen LogP contribution in [-0.2, 0) is 0 Å². The fraction of sp³-hybridized carbons (Fsp3) is 0.533. The standard InChI is InChI=1S/C15H19Br2NO/c1-11-10-12(17)6-7-14(11)15(19)18(9-3-8-16)13-4-2-5-13/h6-7,10,13H,2-5,8-9H2,1H3. The average molecular weight is 389 g/mol. The molecule has 0 bridgehead atoms. The smallest absolute Gasteiger partial charge is 0.254 e. The topological polar surface area (TPSA) is 20.3 Å². The summed E-state index contributed by atoms with van der Waals surface area (Å²) < 4.78 is 1.03. The first-order valence-electron chi connectivity index (χ1n) is 6.76. The summed E-state index contributed by atoms with van der Waals surface area (Å²) in [7, 11) is 0. The van der Waals surface area contributed by atoms with Gasteiger partial charge < -0.3 is 4.90 Å². The van der Waals surface area contributed by atoms with Crippen molar-refractivity contribution in [3.8, 4) is 0 Å². The van der Waals surface area contributed by atoms with Gasteiger partial charge in [0.1, 0.15) is 0 Å². The molecule has 1 aromatic rings. The Morgan fingerprint density at radius 1 is 1.42 bits per heavy atom. The van der Waals surface area contributed by atoms with E-state index in [4.69, 9.17) is 0 Å². The minimum atomic E-state index is 0.190. The number of amides is 1. The number of hydrogen-bond donors (Lipinski definition) is 0. The zero-order chi connectivity index (χ0) is 13.8. The Bertz CT molecular complexity index is 457. The van der Waals surface area contributed by atoms with Gasteiger partial charge in [0.05, 0.1) is 0 Å². The fourth-order valence-corrected chi connectivity index (χ4v) is 3.13. The molecule has 0 aromatic heterocycles. The maximum atomic E-state index is 12.7. The number of carbonyl (C=O) groups excluding carboxylic acids is 1. The van der Waals surface area contributed by atoms with Crippen LogP contribution in [0.15, 0.2) is 22.7 Å². The molecule has 0 atom stereocenters. The Morgan fingerprint density at radius 3 is 2.68 bits per heavy atom. The first kappa shape index (κ1) is 15.0. The lowest BCUT2D eigenvalue weighted by Crippen LogP contribution is -2.45. The summed E-state index contributed by atoms with van der Waals surface area (Å²) in [5.74, 6) is 0.190. The van der Waals surface area contributed by atoms with Gasteiger partial charge in [-0.15, -0.1) is 0 Å². The van der Waals surface area contributed by atoms with Crippen molar-refractivity contribution >= 4 is 37.8 Å². The highest BCUT2D eigenvalue weighted by atomic mass is 79.9. The van der Waals surface area contributed by atoms with Crippen molar-refractivity contribution in [2.75, 3.05) is 11.9 Å². The van der Waals surface area contributed by atoms with Gasteiger partial charge >= 0.3 is 0 Å². The van der Waals surface area contributed by atoms with Crippen molar-refractivity contribution in [2.45, 2.75) is 38.6 Å². The molecular formula is C15H19Br2NO. The minimum Gasteiger partial charge on any atom is -0.336 e. The molecule has 1 aliphatic carbocycles. The molecule has 2 rings (SSSR count). The van der Waals surface area contributed by atoms with Gasteiger partial charge in [0, 0.05) is 28.0 Å². The maximum Gasteiger partial charge on any atom is 0.254 e. The number of aryl methyl sites for hydroxylation is 1. The Kier molecular flexibility index (Phi) is 5.46. The number of benzene rings is 1. The molecule has 4 heteroatoms.